The van der Waals surface area contributed by atoms with Crippen LogP contribution in [0.3, 0.4) is 0 Å². The number of carbonyl (C=O) groups excluding carboxylic acids is 4. The van der Waals surface area contributed by atoms with E-state index in [9.17, 15) is 19.2 Å². The first-order valence-electron chi connectivity index (χ1n) is 10.9. The van der Waals surface area contributed by atoms with E-state index in [0.29, 0.717) is 26.1 Å². The quantitative estimate of drug-likeness (QED) is 0.500. The molecule has 0 spiro atoms. The Hall–Kier alpha value is -3.10. The normalized spacial score (nSPS) is 16.9. The first-order chi connectivity index (χ1) is 15.1. The monoisotopic (exact) mass is 446 g/mol. The maximum absolute atomic E-state index is 12.4. The van der Waals surface area contributed by atoms with Crippen molar-refractivity contribution in [3.05, 3.63) is 35.9 Å². The fourth-order valence-corrected chi connectivity index (χ4v) is 3.39. The Kier molecular flexibility index (Phi) is 9.04. The standard InChI is InChI=1S/C23H34N4O5/c1-16(17-9-6-5-7-10-17)27-15-18(13-20(27)29)21(30)25-12-8-11-24-19(28)14-26-22(31)32-23(2,3)4/h5-7,9-10,16,18H,8,11-15H2,1-4H3,(H,24,28)(H,25,30)(H,26,31). The number of hydrogen-bond donors (Lipinski definition) is 3. The van der Waals surface area contributed by atoms with Crippen molar-refractivity contribution in [2.24, 2.45) is 5.92 Å². The third-order valence-electron chi connectivity index (χ3n) is 5.05. The van der Waals surface area contributed by atoms with Gasteiger partial charge in [0.15, 0.2) is 0 Å². The van der Waals surface area contributed by atoms with E-state index in [-0.39, 0.29) is 42.6 Å². The third kappa shape index (κ3) is 8.20. The van der Waals surface area contributed by atoms with Crippen LogP contribution in [0.4, 0.5) is 4.79 Å². The molecule has 2 atom stereocenters. The Morgan fingerprint density at radius 3 is 2.41 bits per heavy atom. The van der Waals surface area contributed by atoms with Crippen LogP contribution >= 0.6 is 0 Å². The highest BCUT2D eigenvalue weighted by Crippen LogP contribution is 2.28. The Bertz CT molecular complexity index is 806. The highest BCUT2D eigenvalue weighted by molar-refractivity contribution is 5.89. The van der Waals surface area contributed by atoms with Crippen LogP contribution in [0.2, 0.25) is 0 Å². The van der Waals surface area contributed by atoms with Crippen molar-refractivity contribution in [1.29, 1.82) is 0 Å². The molecule has 0 aliphatic carbocycles. The number of alkyl carbamates (subject to hydrolysis) is 1. The van der Waals surface area contributed by atoms with Crippen molar-refractivity contribution in [1.82, 2.24) is 20.9 Å². The van der Waals surface area contributed by atoms with Gasteiger partial charge in [-0.3, -0.25) is 14.4 Å². The van der Waals surface area contributed by atoms with Crippen LogP contribution in [0.1, 0.15) is 52.1 Å². The Balaban J connectivity index is 1.63. The van der Waals surface area contributed by atoms with E-state index in [1.807, 2.05) is 37.3 Å². The second-order valence-corrected chi connectivity index (χ2v) is 8.88. The molecule has 0 radical (unpaired) electrons. The molecule has 0 aromatic heterocycles. The molecule has 9 nitrogen and oxygen atoms in total. The zero-order valence-corrected chi connectivity index (χ0v) is 19.3. The molecule has 0 saturated carbocycles. The zero-order valence-electron chi connectivity index (χ0n) is 19.3. The predicted octanol–water partition coefficient (Wildman–Crippen LogP) is 1.74. The van der Waals surface area contributed by atoms with E-state index in [4.69, 9.17) is 4.74 Å². The number of carbonyl (C=O) groups is 4. The lowest BCUT2D eigenvalue weighted by Crippen LogP contribution is -2.40. The molecule has 3 N–H and O–H groups in total. The largest absolute Gasteiger partial charge is 0.444 e. The van der Waals surface area contributed by atoms with Gasteiger partial charge in [0, 0.05) is 26.1 Å². The molecule has 9 heteroatoms. The second-order valence-electron chi connectivity index (χ2n) is 8.88. The van der Waals surface area contributed by atoms with Crippen molar-refractivity contribution in [2.45, 2.75) is 52.2 Å². The van der Waals surface area contributed by atoms with Crippen LogP contribution in [0, 0.1) is 5.92 Å². The van der Waals surface area contributed by atoms with Crippen molar-refractivity contribution in [3.63, 3.8) is 0 Å². The summed E-state index contributed by atoms with van der Waals surface area (Å²) in [7, 11) is 0. The number of benzene rings is 1. The van der Waals surface area contributed by atoms with E-state index >= 15 is 0 Å². The van der Waals surface area contributed by atoms with E-state index in [0.717, 1.165) is 5.56 Å². The third-order valence-corrected chi connectivity index (χ3v) is 5.05. The topological polar surface area (TPSA) is 117 Å². The Labute approximate surface area is 189 Å². The van der Waals surface area contributed by atoms with Crippen molar-refractivity contribution >= 4 is 23.8 Å². The van der Waals surface area contributed by atoms with Gasteiger partial charge in [-0.05, 0) is 39.7 Å². The lowest BCUT2D eigenvalue weighted by Gasteiger charge is -2.25. The van der Waals surface area contributed by atoms with Crippen LogP contribution in [0.5, 0.6) is 0 Å². The van der Waals surface area contributed by atoms with E-state index < -0.39 is 11.7 Å². The number of rotatable bonds is 9. The van der Waals surface area contributed by atoms with Gasteiger partial charge in [0.2, 0.25) is 17.7 Å². The van der Waals surface area contributed by atoms with Gasteiger partial charge in [-0.25, -0.2) is 4.79 Å². The molecule has 1 aliphatic heterocycles. The minimum atomic E-state index is -0.651. The molecule has 0 bridgehead atoms. The molecule has 176 valence electrons. The van der Waals surface area contributed by atoms with Crippen LogP contribution in [0.25, 0.3) is 0 Å². The van der Waals surface area contributed by atoms with Crippen LogP contribution in [0.15, 0.2) is 30.3 Å². The summed E-state index contributed by atoms with van der Waals surface area (Å²) in [5.41, 5.74) is 0.415. The highest BCUT2D eigenvalue weighted by atomic mass is 16.6. The van der Waals surface area contributed by atoms with Gasteiger partial charge in [-0.15, -0.1) is 0 Å². The van der Waals surface area contributed by atoms with E-state index in [2.05, 4.69) is 16.0 Å². The van der Waals surface area contributed by atoms with Gasteiger partial charge >= 0.3 is 6.09 Å². The summed E-state index contributed by atoms with van der Waals surface area (Å²) in [6, 6.07) is 9.67. The summed E-state index contributed by atoms with van der Waals surface area (Å²) in [5, 5.41) is 7.89. The number of amides is 4. The molecule has 1 aliphatic rings. The van der Waals surface area contributed by atoms with Gasteiger partial charge in [-0.1, -0.05) is 30.3 Å². The molecule has 4 amide bonds. The molecule has 1 aromatic carbocycles. The number of ether oxygens (including phenoxy) is 1. The van der Waals surface area contributed by atoms with Gasteiger partial charge in [0.05, 0.1) is 18.5 Å². The molecule has 32 heavy (non-hydrogen) atoms. The number of nitrogens with one attached hydrogen (secondary N) is 3. The fourth-order valence-electron chi connectivity index (χ4n) is 3.39. The molecule has 1 aromatic rings. The van der Waals surface area contributed by atoms with Crippen molar-refractivity contribution in [3.8, 4) is 0 Å². The van der Waals surface area contributed by atoms with E-state index in [1.165, 1.54) is 0 Å². The van der Waals surface area contributed by atoms with Crippen molar-refractivity contribution in [2.75, 3.05) is 26.2 Å². The molecule has 1 heterocycles. The minimum Gasteiger partial charge on any atom is -0.444 e. The predicted molar refractivity (Wildman–Crippen MR) is 120 cm³/mol. The molecular weight excluding hydrogens is 412 g/mol. The SMILES string of the molecule is CC(c1ccccc1)N1CC(C(=O)NCCCNC(=O)CNC(=O)OC(C)(C)C)CC1=O. The van der Waals surface area contributed by atoms with E-state index in [1.54, 1.807) is 25.7 Å². The Morgan fingerprint density at radius 1 is 1.09 bits per heavy atom. The van der Waals surface area contributed by atoms with Crippen LogP contribution < -0.4 is 16.0 Å². The van der Waals surface area contributed by atoms with Crippen LogP contribution in [-0.4, -0.2) is 60.5 Å². The first kappa shape index (κ1) is 25.2. The molecule has 1 fully saturated rings. The molecular formula is C23H34N4O5. The maximum atomic E-state index is 12.4. The summed E-state index contributed by atoms with van der Waals surface area (Å²) in [6.07, 6.45) is 0.0896. The lowest BCUT2D eigenvalue weighted by molar-refractivity contribution is -0.130. The minimum absolute atomic E-state index is 0.0220. The highest BCUT2D eigenvalue weighted by Gasteiger charge is 2.36. The summed E-state index contributed by atoms with van der Waals surface area (Å²) in [5.74, 6) is -0.888. The van der Waals surface area contributed by atoms with Gasteiger partial charge < -0.3 is 25.6 Å². The summed E-state index contributed by atoms with van der Waals surface area (Å²) in [4.78, 5) is 49.9. The molecule has 1 saturated heterocycles. The summed E-state index contributed by atoms with van der Waals surface area (Å²) >= 11 is 0. The van der Waals surface area contributed by atoms with Gasteiger partial charge in [0.25, 0.3) is 0 Å². The first-order valence-corrected chi connectivity index (χ1v) is 10.9. The zero-order chi connectivity index (χ0) is 23.7. The average molecular weight is 447 g/mol. The maximum Gasteiger partial charge on any atom is 0.408 e. The van der Waals surface area contributed by atoms with Crippen molar-refractivity contribution < 1.29 is 23.9 Å². The molecule has 2 unspecified atom stereocenters. The van der Waals surface area contributed by atoms with Gasteiger partial charge in [-0.2, -0.15) is 0 Å². The molecule has 2 rings (SSSR count). The summed E-state index contributed by atoms with van der Waals surface area (Å²) in [6.45, 7) is 8.15. The smallest absolute Gasteiger partial charge is 0.408 e. The van der Waals surface area contributed by atoms with Crippen LogP contribution in [-0.2, 0) is 19.1 Å². The Morgan fingerprint density at radius 2 is 1.75 bits per heavy atom. The fraction of sp³-hybridized carbons (Fsp3) is 0.565. The summed E-state index contributed by atoms with van der Waals surface area (Å²) < 4.78 is 5.06. The number of likely N-dealkylation sites (tertiary alicyclic amines) is 1. The number of nitrogens with zero attached hydrogens (tertiary/aromatic N) is 1. The number of hydrogen-bond acceptors (Lipinski definition) is 5. The van der Waals surface area contributed by atoms with Gasteiger partial charge in [0.1, 0.15) is 5.60 Å². The lowest BCUT2D eigenvalue weighted by atomic mass is 10.1. The second kappa shape index (κ2) is 11.5. The average Bonchev–Trinajstić information content (AvgIpc) is 3.12.